The van der Waals surface area contributed by atoms with Crippen LogP contribution in [0.2, 0.25) is 0 Å². The monoisotopic (exact) mass is 820 g/mol. The molecule has 16 nitrogen and oxygen atoms in total. The van der Waals surface area contributed by atoms with Crippen LogP contribution < -0.4 is 15.4 Å². The number of aromatic amines is 2. The molecule has 3 aliphatic rings. The summed E-state index contributed by atoms with van der Waals surface area (Å²) in [6, 6.07) is 12.6. The van der Waals surface area contributed by atoms with Crippen LogP contribution in [-0.4, -0.2) is 113 Å². The molecular formula is C44H52N8O8. The van der Waals surface area contributed by atoms with Crippen molar-refractivity contribution in [1.29, 1.82) is 0 Å². The molecule has 2 fully saturated rings. The van der Waals surface area contributed by atoms with Crippen molar-refractivity contribution < 1.29 is 38.1 Å². The first-order chi connectivity index (χ1) is 29.1. The summed E-state index contributed by atoms with van der Waals surface area (Å²) in [5.74, 6) is 1.62. The number of ether oxygens (including phenoxy) is 4. The number of methoxy groups -OCH3 is 2. The third-order valence-corrected chi connectivity index (χ3v) is 11.8. The van der Waals surface area contributed by atoms with E-state index >= 15 is 0 Å². The summed E-state index contributed by atoms with van der Waals surface area (Å²) in [5.41, 5.74) is 3.49. The lowest BCUT2D eigenvalue weighted by Crippen LogP contribution is -2.51. The number of nitrogens with zero attached hydrogens (tertiary/aromatic N) is 4. The van der Waals surface area contributed by atoms with Crippen LogP contribution in [-0.2, 0) is 23.8 Å². The molecular weight excluding hydrogens is 769 g/mol. The van der Waals surface area contributed by atoms with Gasteiger partial charge in [0, 0.05) is 36.2 Å². The molecule has 316 valence electrons. The second-order valence-electron chi connectivity index (χ2n) is 16.0. The molecule has 4 atom stereocenters. The van der Waals surface area contributed by atoms with Crippen LogP contribution in [0.5, 0.6) is 5.75 Å². The summed E-state index contributed by atoms with van der Waals surface area (Å²) in [6.45, 7) is 5.80. The van der Waals surface area contributed by atoms with Crippen molar-refractivity contribution >= 4 is 45.5 Å². The molecule has 4 amide bonds. The first kappa shape index (κ1) is 40.6. The van der Waals surface area contributed by atoms with Crippen LogP contribution in [0.1, 0.15) is 76.1 Å². The Labute approximate surface area is 347 Å². The fourth-order valence-corrected chi connectivity index (χ4v) is 8.60. The number of hydrogen-bond acceptors (Lipinski definition) is 10. The third kappa shape index (κ3) is 8.33. The maximum Gasteiger partial charge on any atom is 0.407 e. The van der Waals surface area contributed by atoms with E-state index in [-0.39, 0.29) is 36.4 Å². The molecule has 2 saturated heterocycles. The van der Waals surface area contributed by atoms with Gasteiger partial charge in [-0.3, -0.25) is 9.59 Å². The van der Waals surface area contributed by atoms with Crippen molar-refractivity contribution in [3.05, 3.63) is 66.5 Å². The predicted octanol–water partition coefficient (Wildman–Crippen LogP) is 6.39. The number of fused-ring (bicyclic) bond motifs is 10. The quantitative estimate of drug-likeness (QED) is 0.140. The number of H-pyrrole nitrogens is 2. The minimum absolute atomic E-state index is 0.0276. The summed E-state index contributed by atoms with van der Waals surface area (Å²) in [6.07, 6.45) is 6.82. The van der Waals surface area contributed by atoms with E-state index in [0.29, 0.717) is 44.4 Å². The van der Waals surface area contributed by atoms with E-state index in [0.717, 1.165) is 81.9 Å². The van der Waals surface area contributed by atoms with Gasteiger partial charge in [0.1, 0.15) is 29.5 Å². The molecule has 0 aliphatic carbocycles. The zero-order valence-corrected chi connectivity index (χ0v) is 34.4. The zero-order chi connectivity index (χ0) is 41.9. The normalized spacial score (nSPS) is 20.4. The number of amides is 4. The predicted molar refractivity (Wildman–Crippen MR) is 223 cm³/mol. The minimum atomic E-state index is -0.890. The van der Waals surface area contributed by atoms with Crippen LogP contribution >= 0.6 is 0 Å². The van der Waals surface area contributed by atoms with E-state index in [2.05, 4.69) is 57.0 Å². The van der Waals surface area contributed by atoms with Gasteiger partial charge >= 0.3 is 12.2 Å². The van der Waals surface area contributed by atoms with Gasteiger partial charge in [0.05, 0.1) is 63.3 Å². The lowest BCUT2D eigenvalue weighted by molar-refractivity contribution is -0.136. The Hall–Kier alpha value is -6.16. The smallest absolute Gasteiger partial charge is 0.407 e. The summed E-state index contributed by atoms with van der Waals surface area (Å²) >= 11 is 0. The number of imidazole rings is 2. The number of carbonyl (C=O) groups excluding carboxylic acids is 4. The fraction of sp³-hybridized carbons (Fsp3) is 0.455. The number of nitrogens with one attached hydrogen (secondary N) is 4. The largest absolute Gasteiger partial charge is 0.493 e. The van der Waals surface area contributed by atoms with Gasteiger partial charge in [-0.15, -0.1) is 0 Å². The average Bonchev–Trinajstić information content (AvgIpc) is 4.10. The molecule has 8 rings (SSSR count). The number of carbonyl (C=O) groups is 4. The molecule has 5 heterocycles. The Bertz CT molecular complexity index is 2390. The second kappa shape index (κ2) is 17.6. The standard InChI is InChI=1S/C44H52N8O8/c1-25(2)38(50-44(56)58-4)42(54)52-14-8-10-36(52)40-45-22-32(47-40)27-12-11-26-20-31-29(18-28(26)17-27)19-30-21-37(31)60-16-6-5-15-59-24-34(49-43(55)57-3)41(53)51-13-7-9-35(51)39-46-23-33(30)48-39/h11-12,17-23,25,34-36,38H,5-10,13-16,24H2,1-4H3,(H,45,47)(H,46,48)(H,49,55)(H,50,56)/t34-,35-,36+,38-/m0/s1. The van der Waals surface area contributed by atoms with Crippen LogP contribution in [0, 0.1) is 5.92 Å². The molecule has 3 aliphatic heterocycles. The number of likely N-dealkylation sites (tertiary alicyclic amines) is 1. The van der Waals surface area contributed by atoms with Gasteiger partial charge in [-0.25, -0.2) is 19.6 Å². The van der Waals surface area contributed by atoms with Gasteiger partial charge in [0.25, 0.3) is 0 Å². The first-order valence-corrected chi connectivity index (χ1v) is 20.7. The molecule has 60 heavy (non-hydrogen) atoms. The molecule has 0 unspecified atom stereocenters. The highest BCUT2D eigenvalue weighted by molar-refractivity contribution is 6.03. The number of alkyl carbamates (subject to hydrolysis) is 2. The van der Waals surface area contributed by atoms with Crippen molar-refractivity contribution in [2.24, 2.45) is 5.92 Å². The summed E-state index contributed by atoms with van der Waals surface area (Å²) in [7, 11) is 2.56. The number of aromatic nitrogens is 4. The number of benzene rings is 3. The lowest BCUT2D eigenvalue weighted by atomic mass is 9.98. The Balaban J connectivity index is 1.09. The Morgan fingerprint density at radius 3 is 2.27 bits per heavy atom. The van der Waals surface area contributed by atoms with Gasteiger partial charge in [-0.2, -0.15) is 0 Å². The Morgan fingerprint density at radius 1 is 0.800 bits per heavy atom. The first-order valence-electron chi connectivity index (χ1n) is 20.7. The topological polar surface area (TPSA) is 193 Å². The van der Waals surface area contributed by atoms with Gasteiger partial charge in [0.2, 0.25) is 11.8 Å². The molecule has 2 aromatic heterocycles. The van der Waals surface area contributed by atoms with Crippen LogP contribution in [0.25, 0.3) is 44.1 Å². The van der Waals surface area contributed by atoms with Crippen molar-refractivity contribution in [3.63, 3.8) is 0 Å². The Morgan fingerprint density at radius 2 is 1.50 bits per heavy atom. The van der Waals surface area contributed by atoms with E-state index in [4.69, 9.17) is 28.9 Å². The van der Waals surface area contributed by atoms with Gasteiger partial charge in [-0.05, 0) is 90.9 Å². The Kier molecular flexibility index (Phi) is 11.9. The summed E-state index contributed by atoms with van der Waals surface area (Å²) in [4.78, 5) is 71.8. The van der Waals surface area contributed by atoms with E-state index in [1.807, 2.05) is 31.0 Å². The van der Waals surface area contributed by atoms with Crippen molar-refractivity contribution in [2.45, 2.75) is 76.5 Å². The van der Waals surface area contributed by atoms with Crippen LogP contribution in [0.15, 0.2) is 54.9 Å². The van der Waals surface area contributed by atoms with E-state index < -0.39 is 24.3 Å². The van der Waals surface area contributed by atoms with E-state index in [1.54, 1.807) is 11.1 Å². The molecule has 4 N–H and O–H groups in total. The molecule has 0 radical (unpaired) electrons. The maximum atomic E-state index is 13.8. The molecule has 0 spiro atoms. The molecule has 5 aromatic rings. The molecule has 16 heteroatoms. The van der Waals surface area contributed by atoms with Crippen LogP contribution in [0.4, 0.5) is 9.59 Å². The highest BCUT2D eigenvalue weighted by Gasteiger charge is 2.38. The lowest BCUT2D eigenvalue weighted by Gasteiger charge is -2.30. The highest BCUT2D eigenvalue weighted by Crippen LogP contribution is 2.38. The van der Waals surface area contributed by atoms with Crippen molar-refractivity contribution in [2.75, 3.05) is 47.1 Å². The third-order valence-electron chi connectivity index (χ3n) is 11.8. The van der Waals surface area contributed by atoms with E-state index in [1.165, 1.54) is 14.2 Å². The van der Waals surface area contributed by atoms with Gasteiger partial charge in [0.15, 0.2) is 0 Å². The summed E-state index contributed by atoms with van der Waals surface area (Å²) in [5, 5.41) is 9.41. The molecule has 4 bridgehead atoms. The molecule has 3 aromatic carbocycles. The van der Waals surface area contributed by atoms with Crippen LogP contribution in [0.3, 0.4) is 0 Å². The van der Waals surface area contributed by atoms with Gasteiger partial charge < -0.3 is 49.3 Å². The maximum absolute atomic E-state index is 13.8. The zero-order valence-electron chi connectivity index (χ0n) is 34.4. The molecule has 0 saturated carbocycles. The minimum Gasteiger partial charge on any atom is -0.493 e. The van der Waals surface area contributed by atoms with Crippen molar-refractivity contribution in [1.82, 2.24) is 40.4 Å². The van der Waals surface area contributed by atoms with Gasteiger partial charge in [-0.1, -0.05) is 26.0 Å². The fourth-order valence-electron chi connectivity index (χ4n) is 8.60. The SMILES string of the molecule is COC(=O)N[C@H]1COCCCCOc2cc(cc3cc4cc(-c5cnc([C@H]6CCCN6C(=O)[C@@H](NC(=O)OC)C(C)C)[nH]5)ccc4cc23)-c2cnc([nH]2)[C@@H]2CCCN2C1=O. The highest BCUT2D eigenvalue weighted by atomic mass is 16.5. The van der Waals surface area contributed by atoms with Crippen molar-refractivity contribution in [3.8, 4) is 28.3 Å². The van der Waals surface area contributed by atoms with E-state index in [9.17, 15) is 19.2 Å². The second-order valence-corrected chi connectivity index (χ2v) is 16.0. The average molecular weight is 821 g/mol. The number of rotatable bonds is 6. The number of hydrogen-bond donors (Lipinski definition) is 4. The summed E-state index contributed by atoms with van der Waals surface area (Å²) < 4.78 is 22.0.